The van der Waals surface area contributed by atoms with Crippen LogP contribution in [0.2, 0.25) is 0 Å². The van der Waals surface area contributed by atoms with Crippen molar-refractivity contribution >= 4 is 41.3 Å². The highest BCUT2D eigenvalue weighted by molar-refractivity contribution is 8.00. The Morgan fingerprint density at radius 3 is 2.20 bits per heavy atom. The lowest BCUT2D eigenvalue weighted by atomic mass is 9.94. The van der Waals surface area contributed by atoms with Gasteiger partial charge in [0.15, 0.2) is 0 Å². The summed E-state index contributed by atoms with van der Waals surface area (Å²) in [5.41, 5.74) is 1.20. The van der Waals surface area contributed by atoms with Crippen molar-refractivity contribution in [3.8, 4) is 5.75 Å². The van der Waals surface area contributed by atoms with Crippen LogP contribution < -0.4 is 5.32 Å². The molecule has 3 atom stereocenters. The maximum Gasteiger partial charge on any atom is 0.328 e. The van der Waals surface area contributed by atoms with Gasteiger partial charge in [-0.05, 0) is 43.4 Å². The number of phenols is 1. The van der Waals surface area contributed by atoms with Gasteiger partial charge in [-0.1, -0.05) is 18.6 Å². The smallest absolute Gasteiger partial charge is 0.328 e. The highest BCUT2D eigenvalue weighted by atomic mass is 32.2. The predicted octanol–water partition coefficient (Wildman–Crippen LogP) is 3.98. The minimum absolute atomic E-state index is 0.0258. The summed E-state index contributed by atoms with van der Waals surface area (Å²) in [6, 6.07) is 5.28. The normalized spacial score (nSPS) is 19.0. The number of phenolic OH excluding ortho intramolecular Hbond substituents is 1. The van der Waals surface area contributed by atoms with Crippen LogP contribution in [0.3, 0.4) is 0 Å². The van der Waals surface area contributed by atoms with E-state index in [1.165, 1.54) is 6.08 Å². The second-order valence-corrected chi connectivity index (χ2v) is 12.9. The van der Waals surface area contributed by atoms with Crippen molar-refractivity contribution < 1.29 is 48.3 Å². The van der Waals surface area contributed by atoms with E-state index in [9.17, 15) is 24.3 Å². The SMILES string of the molecule is O=C(O)/C=C/c1ccc(CCC(=O)CCOCCOCCOCCOCCCC(=O)CCCCC2SCC3NC(=O)CC32)cc1O. The third-order valence-electron chi connectivity index (χ3n) is 8.02. The first kappa shape index (κ1) is 37.7. The van der Waals surface area contributed by atoms with E-state index in [0.29, 0.717) is 114 Å². The van der Waals surface area contributed by atoms with Crippen molar-refractivity contribution in [3.05, 3.63) is 35.4 Å². The van der Waals surface area contributed by atoms with Crippen LogP contribution in [0.25, 0.3) is 6.08 Å². The minimum atomic E-state index is -1.09. The first-order valence-electron chi connectivity index (χ1n) is 16.3. The summed E-state index contributed by atoms with van der Waals surface area (Å²) in [6.07, 6.45) is 8.97. The fourth-order valence-corrected chi connectivity index (χ4v) is 7.15. The molecule has 1 aromatic rings. The molecule has 2 aliphatic heterocycles. The monoisotopic (exact) mass is 663 g/mol. The van der Waals surface area contributed by atoms with Crippen LogP contribution in [0.5, 0.6) is 5.75 Å². The molecule has 3 rings (SSSR count). The molecule has 0 spiro atoms. The summed E-state index contributed by atoms with van der Waals surface area (Å²) < 4.78 is 22.0. The molecule has 2 aliphatic rings. The predicted molar refractivity (Wildman–Crippen MR) is 175 cm³/mol. The molecule has 3 N–H and O–H groups in total. The number of Topliss-reactive ketones (excluding diaryl/α,β-unsaturated/α-hetero) is 2. The van der Waals surface area contributed by atoms with Gasteiger partial charge in [0.05, 0.1) is 46.2 Å². The molecule has 1 amide bonds. The van der Waals surface area contributed by atoms with Gasteiger partial charge in [0.2, 0.25) is 5.91 Å². The number of rotatable bonds is 26. The van der Waals surface area contributed by atoms with E-state index < -0.39 is 5.97 Å². The molecular weight excluding hydrogens is 614 g/mol. The number of hydrogen-bond acceptors (Lipinski definition) is 10. The molecule has 2 heterocycles. The Hall–Kier alpha value is -2.77. The van der Waals surface area contributed by atoms with Crippen LogP contribution in [0.15, 0.2) is 24.3 Å². The number of fused-ring (bicyclic) bond motifs is 1. The largest absolute Gasteiger partial charge is 0.507 e. The standard InChI is InChI=1S/C34H49NO10S/c36-27(4-1-2-6-32-29-23-33(39)35-30(29)24-46-32)5-3-14-42-16-18-44-20-21-45-19-17-43-15-13-28(37)11-8-25-7-9-26(31(38)22-25)10-12-34(40)41/h7,9-10,12,22,29-30,32,38H,1-6,8,11,13-21,23-24H2,(H,35,39)(H,40,41)/b12-10+. The van der Waals surface area contributed by atoms with E-state index in [4.69, 9.17) is 24.1 Å². The Labute approximate surface area is 275 Å². The molecular formula is C34H49NO10S. The molecule has 2 saturated heterocycles. The molecule has 256 valence electrons. The average Bonchev–Trinajstić information content (AvgIpc) is 3.58. The molecule has 0 bridgehead atoms. The lowest BCUT2D eigenvalue weighted by molar-refractivity contribution is -0.131. The van der Waals surface area contributed by atoms with Gasteiger partial charge < -0.3 is 34.5 Å². The number of carbonyl (C=O) groups excluding carboxylic acids is 3. The van der Waals surface area contributed by atoms with Crippen LogP contribution in [0.1, 0.15) is 68.9 Å². The van der Waals surface area contributed by atoms with E-state index in [-0.39, 0.29) is 23.2 Å². The Balaban J connectivity index is 1.03. The van der Waals surface area contributed by atoms with Gasteiger partial charge in [0.25, 0.3) is 0 Å². The van der Waals surface area contributed by atoms with Gasteiger partial charge in [-0.25, -0.2) is 4.79 Å². The first-order valence-corrected chi connectivity index (χ1v) is 17.3. The molecule has 12 heteroatoms. The van der Waals surface area contributed by atoms with Crippen LogP contribution in [-0.2, 0) is 44.5 Å². The summed E-state index contributed by atoms with van der Waals surface area (Å²) in [7, 11) is 0. The summed E-state index contributed by atoms with van der Waals surface area (Å²) >= 11 is 1.97. The number of benzene rings is 1. The van der Waals surface area contributed by atoms with Crippen molar-refractivity contribution in [3.63, 3.8) is 0 Å². The zero-order chi connectivity index (χ0) is 33.0. The van der Waals surface area contributed by atoms with E-state index in [2.05, 4.69) is 5.32 Å². The van der Waals surface area contributed by atoms with Crippen LogP contribution >= 0.6 is 11.8 Å². The van der Waals surface area contributed by atoms with Crippen LogP contribution in [-0.4, -0.2) is 104 Å². The maximum absolute atomic E-state index is 12.1. The number of carboxylic acids is 1. The summed E-state index contributed by atoms with van der Waals surface area (Å²) in [6.45, 7) is 3.46. The van der Waals surface area contributed by atoms with Gasteiger partial charge in [-0.2, -0.15) is 11.8 Å². The quantitative estimate of drug-likeness (QED) is 0.0973. The van der Waals surface area contributed by atoms with Crippen LogP contribution in [0, 0.1) is 5.92 Å². The molecule has 3 unspecified atom stereocenters. The van der Waals surface area contributed by atoms with Crippen molar-refractivity contribution in [2.75, 3.05) is 58.6 Å². The second kappa shape index (κ2) is 21.9. The number of carbonyl (C=O) groups is 4. The Morgan fingerprint density at radius 2 is 1.50 bits per heavy atom. The third-order valence-corrected chi connectivity index (χ3v) is 9.59. The summed E-state index contributed by atoms with van der Waals surface area (Å²) in [5, 5.41) is 22.3. The lowest BCUT2D eigenvalue weighted by Crippen LogP contribution is -2.29. The fourth-order valence-electron chi connectivity index (χ4n) is 5.50. The van der Waals surface area contributed by atoms with E-state index in [1.807, 2.05) is 11.8 Å². The number of aromatic hydroxyl groups is 1. The van der Waals surface area contributed by atoms with Gasteiger partial charge in [0.1, 0.15) is 17.3 Å². The molecule has 0 radical (unpaired) electrons. The molecule has 46 heavy (non-hydrogen) atoms. The van der Waals surface area contributed by atoms with E-state index >= 15 is 0 Å². The number of amides is 1. The van der Waals surface area contributed by atoms with Gasteiger partial charge in [-0.3, -0.25) is 14.4 Å². The number of ketones is 2. The molecule has 11 nitrogen and oxygen atoms in total. The van der Waals surface area contributed by atoms with Gasteiger partial charge in [0, 0.05) is 73.3 Å². The number of carboxylic acid groups (broad SMARTS) is 1. The highest BCUT2D eigenvalue weighted by Crippen LogP contribution is 2.40. The van der Waals surface area contributed by atoms with E-state index in [1.54, 1.807) is 18.2 Å². The molecule has 0 aromatic heterocycles. The Kier molecular flexibility index (Phi) is 18.0. The number of thioether (sulfide) groups is 1. The third kappa shape index (κ3) is 15.2. The van der Waals surface area contributed by atoms with Gasteiger partial charge in [-0.15, -0.1) is 0 Å². The first-order chi connectivity index (χ1) is 22.3. The summed E-state index contributed by atoms with van der Waals surface area (Å²) in [4.78, 5) is 46.4. The van der Waals surface area contributed by atoms with Gasteiger partial charge >= 0.3 is 5.97 Å². The Bertz CT molecular complexity index is 1140. The zero-order valence-corrected chi connectivity index (χ0v) is 27.4. The number of hydrogen-bond donors (Lipinski definition) is 3. The maximum atomic E-state index is 12.1. The molecule has 1 aromatic carbocycles. The number of ether oxygens (including phenoxy) is 4. The number of aliphatic carboxylic acids is 1. The fraction of sp³-hybridized carbons (Fsp3) is 0.647. The van der Waals surface area contributed by atoms with Crippen molar-refractivity contribution in [1.82, 2.24) is 5.32 Å². The minimum Gasteiger partial charge on any atom is -0.507 e. The number of aryl methyl sites for hydroxylation is 1. The lowest BCUT2D eigenvalue weighted by Gasteiger charge is -2.15. The second-order valence-electron chi connectivity index (χ2n) is 11.6. The number of unbranched alkanes of at least 4 members (excludes halogenated alkanes) is 1. The van der Waals surface area contributed by atoms with Crippen molar-refractivity contribution in [2.24, 2.45) is 5.92 Å². The zero-order valence-electron chi connectivity index (χ0n) is 26.6. The molecule has 2 fully saturated rings. The van der Waals surface area contributed by atoms with E-state index in [0.717, 1.165) is 43.1 Å². The topological polar surface area (TPSA) is 158 Å². The molecule has 0 aliphatic carbocycles. The Morgan fingerprint density at radius 1 is 0.848 bits per heavy atom. The molecule has 0 saturated carbocycles. The summed E-state index contributed by atoms with van der Waals surface area (Å²) in [5.74, 6) is 0.917. The highest BCUT2D eigenvalue weighted by Gasteiger charge is 2.42. The van der Waals surface area contributed by atoms with Crippen molar-refractivity contribution in [1.29, 1.82) is 0 Å². The van der Waals surface area contributed by atoms with Crippen molar-refractivity contribution in [2.45, 2.75) is 75.5 Å². The van der Waals surface area contributed by atoms with Crippen LogP contribution in [0.4, 0.5) is 0 Å². The number of nitrogens with one attached hydrogen (secondary N) is 1. The average molecular weight is 664 g/mol.